The molecular formula is C17H18N4O4S2. The number of thiocarbonyl (C=S) groups is 1. The lowest BCUT2D eigenvalue weighted by Crippen LogP contribution is -2.52. The molecule has 2 heterocycles. The van der Waals surface area contributed by atoms with E-state index >= 15 is 0 Å². The number of likely N-dealkylation sites (N-methyl/N-ethyl adjacent to an activating group) is 2. The maximum absolute atomic E-state index is 12.2. The van der Waals surface area contributed by atoms with Crippen molar-refractivity contribution >= 4 is 47.4 Å². The number of hydrogen-bond acceptors (Lipinski definition) is 6. The molecule has 0 unspecified atom stereocenters. The van der Waals surface area contributed by atoms with E-state index in [2.05, 4.69) is 0 Å². The van der Waals surface area contributed by atoms with Crippen molar-refractivity contribution in [2.24, 2.45) is 14.1 Å². The smallest absolute Gasteiger partial charge is 0.265 e. The van der Waals surface area contributed by atoms with E-state index in [-0.39, 0.29) is 26.9 Å². The lowest BCUT2D eigenvalue weighted by Gasteiger charge is -2.31. The van der Waals surface area contributed by atoms with E-state index in [9.17, 15) is 19.5 Å². The summed E-state index contributed by atoms with van der Waals surface area (Å²) in [6.07, 6.45) is 7.31. The molecule has 142 valence electrons. The van der Waals surface area contributed by atoms with E-state index in [1.54, 1.807) is 7.05 Å². The molecule has 1 aliphatic heterocycles. The van der Waals surface area contributed by atoms with Crippen LogP contribution in [0.2, 0.25) is 0 Å². The normalized spacial score (nSPS) is 15.6. The Morgan fingerprint density at radius 1 is 0.852 bits per heavy atom. The summed E-state index contributed by atoms with van der Waals surface area (Å²) in [7, 11) is 6.05. The summed E-state index contributed by atoms with van der Waals surface area (Å²) >= 11 is 10.1. The van der Waals surface area contributed by atoms with Crippen LogP contribution in [0.4, 0.5) is 0 Å². The molecule has 0 aliphatic carbocycles. The van der Waals surface area contributed by atoms with Crippen LogP contribution in [0.3, 0.4) is 0 Å². The Morgan fingerprint density at radius 3 is 1.96 bits per heavy atom. The van der Waals surface area contributed by atoms with Gasteiger partial charge in [0, 0.05) is 28.2 Å². The number of carbonyl (C=O) groups excluding carboxylic acids is 2. The van der Waals surface area contributed by atoms with Crippen molar-refractivity contribution in [2.45, 2.75) is 0 Å². The van der Waals surface area contributed by atoms with E-state index in [1.165, 1.54) is 70.5 Å². The third-order valence-electron chi connectivity index (χ3n) is 4.06. The van der Waals surface area contributed by atoms with Gasteiger partial charge in [0.15, 0.2) is 9.88 Å². The first-order chi connectivity index (χ1) is 12.6. The maximum atomic E-state index is 12.2. The second-order valence-electron chi connectivity index (χ2n) is 5.78. The van der Waals surface area contributed by atoms with Gasteiger partial charge in [0.1, 0.15) is 11.1 Å². The molecule has 0 spiro atoms. The van der Waals surface area contributed by atoms with Crippen LogP contribution < -0.4 is 5.56 Å². The van der Waals surface area contributed by atoms with Gasteiger partial charge in [-0.3, -0.25) is 33.3 Å². The first kappa shape index (κ1) is 20.5. The molecule has 2 amide bonds. The molecule has 1 fully saturated rings. The number of nitrogens with zero attached hydrogens (tertiary/aromatic N) is 4. The van der Waals surface area contributed by atoms with Crippen molar-refractivity contribution in [3.05, 3.63) is 50.6 Å². The van der Waals surface area contributed by atoms with Crippen molar-refractivity contribution < 1.29 is 14.7 Å². The Morgan fingerprint density at radius 2 is 1.41 bits per heavy atom. The van der Waals surface area contributed by atoms with Gasteiger partial charge >= 0.3 is 0 Å². The number of rotatable bonds is 3. The molecule has 8 nitrogen and oxygen atoms in total. The second-order valence-corrected chi connectivity index (χ2v) is 6.51. The van der Waals surface area contributed by atoms with Gasteiger partial charge in [-0.1, -0.05) is 18.2 Å². The van der Waals surface area contributed by atoms with Gasteiger partial charge in [-0.25, -0.2) is 0 Å². The quantitative estimate of drug-likeness (QED) is 0.347. The summed E-state index contributed by atoms with van der Waals surface area (Å²) < 4.78 is 2.75. The molecule has 0 bridgehead atoms. The number of aromatic hydroxyl groups is 1. The fourth-order valence-corrected chi connectivity index (χ4v) is 2.70. The molecule has 1 N–H and O–H groups in total. The molecule has 0 saturated carbocycles. The highest BCUT2D eigenvalue weighted by Crippen LogP contribution is 2.15. The number of hydrogen-bond donors (Lipinski definition) is 1. The molecule has 1 aromatic rings. The molecule has 1 aromatic heterocycles. The highest BCUT2D eigenvalue weighted by molar-refractivity contribution is 7.80. The lowest BCUT2D eigenvalue weighted by atomic mass is 10.1. The topological polar surface area (TPSA) is 87.8 Å². The predicted octanol–water partition coefficient (Wildman–Crippen LogP) is 0.870. The number of allylic oxidation sites excluding steroid dienone is 4. The lowest BCUT2D eigenvalue weighted by molar-refractivity contribution is -0.132. The minimum atomic E-state index is -0.490. The molecule has 0 atom stereocenters. The number of aromatic nitrogens is 2. The van der Waals surface area contributed by atoms with Gasteiger partial charge in [-0.15, -0.1) is 0 Å². The molecule has 0 aromatic carbocycles. The molecule has 0 radical (unpaired) electrons. The van der Waals surface area contributed by atoms with Crippen LogP contribution >= 0.6 is 24.4 Å². The SMILES string of the molecule is CN1C(=O)C(=CC=CC=Cc2c(O)n(C)c(=S)n(C)c2=O)C(=O)N(C)C1=S. The van der Waals surface area contributed by atoms with Gasteiger partial charge in [0.25, 0.3) is 17.4 Å². The molecule has 1 aliphatic rings. The van der Waals surface area contributed by atoms with Gasteiger partial charge in [-0.05, 0) is 36.6 Å². The standard InChI is InChI=1S/C17H18N4O4S2/c1-18-12(22)10(13(23)19(2)16(18)26)8-6-5-7-9-11-14(24)20(3)17(27)21(4)15(11)25/h5-9,22H,1-4H3. The van der Waals surface area contributed by atoms with Crippen LogP contribution in [0.15, 0.2) is 34.7 Å². The summed E-state index contributed by atoms with van der Waals surface area (Å²) in [5, 5.41) is 10.2. The van der Waals surface area contributed by atoms with Crippen molar-refractivity contribution in [3.8, 4) is 5.88 Å². The Labute approximate surface area is 165 Å². The second kappa shape index (κ2) is 7.80. The van der Waals surface area contributed by atoms with Crippen LogP contribution in [-0.2, 0) is 23.7 Å². The number of carbonyl (C=O) groups is 2. The Kier molecular flexibility index (Phi) is 5.91. The van der Waals surface area contributed by atoms with Crippen molar-refractivity contribution in [1.82, 2.24) is 18.9 Å². The zero-order chi connectivity index (χ0) is 20.5. The zero-order valence-corrected chi connectivity index (χ0v) is 16.8. The number of amides is 2. The molecule has 2 rings (SSSR count). The average Bonchev–Trinajstić information content (AvgIpc) is 2.66. The van der Waals surface area contributed by atoms with Gasteiger partial charge in [-0.2, -0.15) is 0 Å². The minimum Gasteiger partial charge on any atom is -0.494 e. The molecule has 1 saturated heterocycles. The van der Waals surface area contributed by atoms with E-state index in [4.69, 9.17) is 24.4 Å². The third kappa shape index (κ3) is 3.67. The summed E-state index contributed by atoms with van der Waals surface area (Å²) in [4.78, 5) is 38.9. The van der Waals surface area contributed by atoms with E-state index in [1.807, 2.05) is 0 Å². The molecular weight excluding hydrogens is 388 g/mol. The third-order valence-corrected chi connectivity index (χ3v) is 5.15. The molecule has 10 heteroatoms. The van der Waals surface area contributed by atoms with Crippen LogP contribution in [0.25, 0.3) is 6.08 Å². The van der Waals surface area contributed by atoms with E-state index in [0.29, 0.717) is 0 Å². The van der Waals surface area contributed by atoms with Crippen LogP contribution in [0, 0.1) is 4.77 Å². The van der Waals surface area contributed by atoms with Gasteiger partial charge in [0.2, 0.25) is 5.88 Å². The Bertz CT molecular complexity index is 1020. The highest BCUT2D eigenvalue weighted by atomic mass is 32.1. The van der Waals surface area contributed by atoms with Crippen LogP contribution in [0.5, 0.6) is 5.88 Å². The zero-order valence-electron chi connectivity index (χ0n) is 15.2. The van der Waals surface area contributed by atoms with Crippen molar-refractivity contribution in [3.63, 3.8) is 0 Å². The van der Waals surface area contributed by atoms with Crippen molar-refractivity contribution in [1.29, 1.82) is 0 Å². The fraction of sp³-hybridized carbons (Fsp3) is 0.235. The first-order valence-corrected chi connectivity index (χ1v) is 8.55. The molecule has 27 heavy (non-hydrogen) atoms. The Balaban J connectivity index is 2.29. The van der Waals surface area contributed by atoms with Crippen LogP contribution in [-0.4, -0.2) is 55.1 Å². The fourth-order valence-electron chi connectivity index (χ4n) is 2.37. The summed E-state index contributed by atoms with van der Waals surface area (Å²) in [5.74, 6) is -1.23. The van der Waals surface area contributed by atoms with E-state index in [0.717, 1.165) is 0 Å². The van der Waals surface area contributed by atoms with Gasteiger partial charge in [0.05, 0.1) is 0 Å². The summed E-state index contributed by atoms with van der Waals surface area (Å²) in [6.45, 7) is 0. The van der Waals surface area contributed by atoms with Gasteiger partial charge < -0.3 is 5.11 Å². The minimum absolute atomic E-state index is 0.0288. The summed E-state index contributed by atoms with van der Waals surface area (Å²) in [5.41, 5.74) is -0.396. The van der Waals surface area contributed by atoms with Crippen LogP contribution in [0.1, 0.15) is 5.56 Å². The monoisotopic (exact) mass is 406 g/mol. The largest absolute Gasteiger partial charge is 0.494 e. The van der Waals surface area contributed by atoms with E-state index < -0.39 is 17.4 Å². The average molecular weight is 406 g/mol. The summed E-state index contributed by atoms with van der Waals surface area (Å²) in [6, 6.07) is 0. The predicted molar refractivity (Wildman–Crippen MR) is 108 cm³/mol. The highest BCUT2D eigenvalue weighted by Gasteiger charge is 2.34. The maximum Gasteiger partial charge on any atom is 0.265 e. The first-order valence-electron chi connectivity index (χ1n) is 7.73. The Hall–Kier alpha value is -2.85. The van der Waals surface area contributed by atoms with Crippen molar-refractivity contribution in [2.75, 3.05) is 14.1 Å².